The highest BCUT2D eigenvalue weighted by molar-refractivity contribution is 7.89. The lowest BCUT2D eigenvalue weighted by Gasteiger charge is -2.17. The molecule has 0 saturated heterocycles. The number of sulfonamides is 1. The molecule has 0 fully saturated rings. The number of hydrogen-bond acceptors (Lipinski definition) is 5. The second-order valence-corrected chi connectivity index (χ2v) is 7.06. The van der Waals surface area contributed by atoms with Gasteiger partial charge >= 0.3 is 5.97 Å². The van der Waals surface area contributed by atoms with Crippen LogP contribution in [0.3, 0.4) is 0 Å². The molecule has 0 aliphatic rings. The Morgan fingerprint density at radius 3 is 2.57 bits per heavy atom. The summed E-state index contributed by atoms with van der Waals surface area (Å²) in [6.45, 7) is 4.85. The van der Waals surface area contributed by atoms with E-state index >= 15 is 0 Å². The van der Waals surface area contributed by atoms with Crippen LogP contribution in [0.25, 0.3) is 5.82 Å². The number of aromatic nitrogens is 3. The Bertz CT molecular complexity index is 799. The molecule has 0 amide bonds. The van der Waals surface area contributed by atoms with Crippen molar-refractivity contribution in [2.45, 2.75) is 31.7 Å². The fourth-order valence-corrected chi connectivity index (χ4v) is 3.57. The van der Waals surface area contributed by atoms with E-state index in [-0.39, 0.29) is 4.90 Å². The van der Waals surface area contributed by atoms with Crippen molar-refractivity contribution in [3.8, 4) is 5.82 Å². The van der Waals surface area contributed by atoms with E-state index < -0.39 is 28.0 Å². The standard InChI is InChI=1S/C14H18N4O4S/c1-9(2)13(14(19)20)17-23(21,22)11-8-16-18(10(11)3)12-6-4-5-7-15-12/h4-9,13,17H,1-3H3,(H,19,20)/t13-/m0/s1. The molecule has 2 aromatic heterocycles. The molecule has 2 heterocycles. The molecular formula is C14H18N4O4S. The van der Waals surface area contributed by atoms with Crippen molar-refractivity contribution >= 4 is 16.0 Å². The molecule has 9 heteroatoms. The van der Waals surface area contributed by atoms with Gasteiger partial charge < -0.3 is 5.11 Å². The van der Waals surface area contributed by atoms with Crippen LogP contribution in [0.1, 0.15) is 19.5 Å². The van der Waals surface area contributed by atoms with Crippen LogP contribution in [-0.4, -0.2) is 40.3 Å². The van der Waals surface area contributed by atoms with Gasteiger partial charge in [0.25, 0.3) is 0 Å². The van der Waals surface area contributed by atoms with Crippen molar-refractivity contribution in [2.75, 3.05) is 0 Å². The van der Waals surface area contributed by atoms with Crippen LogP contribution in [0, 0.1) is 12.8 Å². The van der Waals surface area contributed by atoms with Gasteiger partial charge in [0, 0.05) is 6.20 Å². The number of nitrogens with one attached hydrogen (secondary N) is 1. The minimum Gasteiger partial charge on any atom is -0.480 e. The molecule has 0 saturated carbocycles. The van der Waals surface area contributed by atoms with Crippen molar-refractivity contribution in [1.82, 2.24) is 19.5 Å². The van der Waals surface area contributed by atoms with Crippen LogP contribution in [0.15, 0.2) is 35.5 Å². The van der Waals surface area contributed by atoms with E-state index in [4.69, 9.17) is 5.11 Å². The molecule has 23 heavy (non-hydrogen) atoms. The average molecular weight is 338 g/mol. The quantitative estimate of drug-likeness (QED) is 0.811. The molecule has 0 aliphatic carbocycles. The summed E-state index contributed by atoms with van der Waals surface area (Å²) >= 11 is 0. The van der Waals surface area contributed by atoms with Crippen molar-refractivity contribution in [2.24, 2.45) is 5.92 Å². The highest BCUT2D eigenvalue weighted by Gasteiger charge is 2.30. The molecular weight excluding hydrogens is 320 g/mol. The third-order valence-corrected chi connectivity index (χ3v) is 4.88. The Hall–Kier alpha value is -2.26. The summed E-state index contributed by atoms with van der Waals surface area (Å²) in [7, 11) is -4.01. The average Bonchev–Trinajstić information content (AvgIpc) is 2.88. The van der Waals surface area contributed by atoms with Crippen molar-refractivity contribution < 1.29 is 18.3 Å². The van der Waals surface area contributed by atoms with E-state index in [1.54, 1.807) is 45.2 Å². The van der Waals surface area contributed by atoms with Crippen LogP contribution in [0.5, 0.6) is 0 Å². The Balaban J connectivity index is 2.39. The third-order valence-electron chi connectivity index (χ3n) is 3.34. The highest BCUT2D eigenvalue weighted by Crippen LogP contribution is 2.18. The largest absolute Gasteiger partial charge is 0.480 e. The van der Waals surface area contributed by atoms with Crippen LogP contribution >= 0.6 is 0 Å². The molecule has 2 rings (SSSR count). The predicted octanol–water partition coefficient (Wildman–Crippen LogP) is 0.963. The molecule has 1 atom stereocenters. The highest BCUT2D eigenvalue weighted by atomic mass is 32.2. The zero-order valence-electron chi connectivity index (χ0n) is 13.0. The minimum absolute atomic E-state index is 0.0740. The number of pyridine rings is 1. The fraction of sp³-hybridized carbons (Fsp3) is 0.357. The first kappa shape index (κ1) is 17.1. The Morgan fingerprint density at radius 1 is 1.35 bits per heavy atom. The number of carboxylic acid groups (broad SMARTS) is 1. The van der Waals surface area contributed by atoms with Crippen LogP contribution < -0.4 is 4.72 Å². The number of carbonyl (C=O) groups is 1. The summed E-state index contributed by atoms with van der Waals surface area (Å²) in [5.74, 6) is -1.14. The first-order valence-electron chi connectivity index (χ1n) is 6.95. The van der Waals surface area contributed by atoms with Gasteiger partial charge in [-0.15, -0.1) is 0 Å². The SMILES string of the molecule is Cc1c(S(=O)(=O)N[C@H](C(=O)O)C(C)C)cnn1-c1ccccn1. The van der Waals surface area contributed by atoms with E-state index in [2.05, 4.69) is 14.8 Å². The second-order valence-electron chi connectivity index (χ2n) is 5.38. The van der Waals surface area contributed by atoms with Gasteiger partial charge in [-0.3, -0.25) is 4.79 Å². The number of rotatable bonds is 6. The summed E-state index contributed by atoms with van der Waals surface area (Å²) in [4.78, 5) is 15.2. The van der Waals surface area contributed by atoms with Gasteiger partial charge in [-0.05, 0) is 25.0 Å². The monoisotopic (exact) mass is 338 g/mol. The van der Waals surface area contributed by atoms with Crippen LogP contribution in [0.4, 0.5) is 0 Å². The van der Waals surface area contributed by atoms with Crippen molar-refractivity contribution in [3.05, 3.63) is 36.3 Å². The molecule has 0 aliphatic heterocycles. The first-order valence-corrected chi connectivity index (χ1v) is 8.43. The molecule has 124 valence electrons. The van der Waals surface area contributed by atoms with E-state index in [1.165, 1.54) is 10.9 Å². The van der Waals surface area contributed by atoms with Gasteiger partial charge in [0.05, 0.1) is 11.9 Å². The zero-order valence-corrected chi connectivity index (χ0v) is 13.8. The predicted molar refractivity (Wildman–Crippen MR) is 82.7 cm³/mol. The van der Waals surface area contributed by atoms with E-state index in [1.807, 2.05) is 0 Å². The minimum atomic E-state index is -4.01. The van der Waals surface area contributed by atoms with E-state index in [9.17, 15) is 13.2 Å². The number of carboxylic acids is 1. The number of aliphatic carboxylic acids is 1. The summed E-state index contributed by atoms with van der Waals surface area (Å²) in [6, 6.07) is 3.98. The summed E-state index contributed by atoms with van der Waals surface area (Å²) < 4.78 is 28.5. The number of hydrogen-bond donors (Lipinski definition) is 2. The molecule has 8 nitrogen and oxygen atoms in total. The maximum atomic E-state index is 12.5. The molecule has 0 unspecified atom stereocenters. The maximum absolute atomic E-state index is 12.5. The lowest BCUT2D eigenvalue weighted by atomic mass is 10.1. The summed E-state index contributed by atoms with van der Waals surface area (Å²) in [6.07, 6.45) is 2.76. The van der Waals surface area contributed by atoms with Crippen LogP contribution in [-0.2, 0) is 14.8 Å². The Kier molecular flexibility index (Phi) is 4.81. The molecule has 2 aromatic rings. The van der Waals surface area contributed by atoms with Gasteiger partial charge in [-0.2, -0.15) is 9.82 Å². The second kappa shape index (κ2) is 6.47. The lowest BCUT2D eigenvalue weighted by Crippen LogP contribution is -2.44. The molecule has 0 radical (unpaired) electrons. The Labute approximate surface area is 134 Å². The lowest BCUT2D eigenvalue weighted by molar-refractivity contribution is -0.140. The summed E-state index contributed by atoms with van der Waals surface area (Å²) in [5.41, 5.74) is 0.351. The van der Waals surface area contributed by atoms with Gasteiger partial charge in [0.2, 0.25) is 10.0 Å². The fourth-order valence-electron chi connectivity index (χ4n) is 2.07. The molecule has 0 bridgehead atoms. The van der Waals surface area contributed by atoms with Crippen LogP contribution in [0.2, 0.25) is 0 Å². The van der Waals surface area contributed by atoms with E-state index in [0.717, 1.165) is 0 Å². The van der Waals surface area contributed by atoms with Gasteiger partial charge in [0.1, 0.15) is 10.9 Å². The number of nitrogens with zero attached hydrogens (tertiary/aromatic N) is 3. The summed E-state index contributed by atoms with van der Waals surface area (Å²) in [5, 5.41) is 13.2. The first-order chi connectivity index (χ1) is 10.7. The molecule has 2 N–H and O–H groups in total. The topological polar surface area (TPSA) is 114 Å². The smallest absolute Gasteiger partial charge is 0.322 e. The maximum Gasteiger partial charge on any atom is 0.322 e. The molecule has 0 spiro atoms. The zero-order chi connectivity index (χ0) is 17.2. The Morgan fingerprint density at radius 2 is 2.04 bits per heavy atom. The van der Waals surface area contributed by atoms with E-state index in [0.29, 0.717) is 11.5 Å². The van der Waals surface area contributed by atoms with Gasteiger partial charge in [-0.25, -0.2) is 18.1 Å². The van der Waals surface area contributed by atoms with Gasteiger partial charge in [-0.1, -0.05) is 19.9 Å². The van der Waals surface area contributed by atoms with Crippen molar-refractivity contribution in [3.63, 3.8) is 0 Å². The van der Waals surface area contributed by atoms with Gasteiger partial charge in [0.15, 0.2) is 5.82 Å². The normalized spacial score (nSPS) is 13.2. The van der Waals surface area contributed by atoms with Crippen molar-refractivity contribution in [1.29, 1.82) is 0 Å². The third kappa shape index (κ3) is 3.57. The molecule has 0 aromatic carbocycles.